The third-order valence-corrected chi connectivity index (χ3v) is 4.86. The molecule has 0 saturated heterocycles. The van der Waals surface area contributed by atoms with Crippen LogP contribution in [0.5, 0.6) is 0 Å². The van der Waals surface area contributed by atoms with E-state index in [0.29, 0.717) is 17.8 Å². The van der Waals surface area contributed by atoms with Crippen LogP contribution in [-0.4, -0.2) is 10.7 Å². The smallest absolute Gasteiger partial charge is 0.0831 e. The van der Waals surface area contributed by atoms with Gasteiger partial charge in [0.1, 0.15) is 0 Å². The highest BCUT2D eigenvalue weighted by Crippen LogP contribution is 2.47. The second-order valence-electron chi connectivity index (χ2n) is 6.50. The van der Waals surface area contributed by atoms with Gasteiger partial charge < -0.3 is 5.11 Å². The quantitative estimate of drug-likeness (QED) is 0.669. The Kier molecular flexibility index (Phi) is 3.18. The molecular weight excluding hydrogens is 196 g/mol. The molecule has 0 amide bonds. The van der Waals surface area contributed by atoms with E-state index in [1.165, 1.54) is 24.8 Å². The molecule has 1 saturated carbocycles. The first-order valence-corrected chi connectivity index (χ1v) is 6.86. The van der Waals surface area contributed by atoms with Crippen molar-refractivity contribution in [3.8, 4) is 0 Å². The fourth-order valence-corrected chi connectivity index (χ4v) is 3.53. The number of allylic oxidation sites excluding steroid dienone is 1. The van der Waals surface area contributed by atoms with Gasteiger partial charge in [0.2, 0.25) is 0 Å². The zero-order chi connectivity index (χ0) is 11.9. The first-order chi connectivity index (χ1) is 7.42. The summed E-state index contributed by atoms with van der Waals surface area (Å²) < 4.78 is 0. The van der Waals surface area contributed by atoms with Crippen molar-refractivity contribution in [2.75, 3.05) is 0 Å². The first-order valence-electron chi connectivity index (χ1n) is 6.86. The summed E-state index contributed by atoms with van der Waals surface area (Å²) in [6, 6.07) is 0. The molecule has 3 unspecified atom stereocenters. The lowest BCUT2D eigenvalue weighted by atomic mass is 9.85. The van der Waals surface area contributed by atoms with E-state index in [4.69, 9.17) is 0 Å². The van der Waals surface area contributed by atoms with Crippen molar-refractivity contribution in [2.45, 2.75) is 59.0 Å². The van der Waals surface area contributed by atoms with Crippen molar-refractivity contribution >= 4 is 0 Å². The van der Waals surface area contributed by atoms with E-state index in [9.17, 15) is 5.11 Å². The minimum Gasteiger partial charge on any atom is -0.386 e. The molecule has 0 bridgehead atoms. The zero-order valence-electron chi connectivity index (χ0n) is 11.2. The molecule has 2 aliphatic carbocycles. The second kappa shape index (κ2) is 4.18. The highest BCUT2D eigenvalue weighted by Gasteiger charge is 2.42. The van der Waals surface area contributed by atoms with Gasteiger partial charge in [-0.1, -0.05) is 26.8 Å². The molecule has 0 heterocycles. The third-order valence-electron chi connectivity index (χ3n) is 4.86. The Morgan fingerprint density at radius 3 is 2.62 bits per heavy atom. The van der Waals surface area contributed by atoms with E-state index in [2.05, 4.69) is 26.8 Å². The molecule has 1 nitrogen and oxygen atoms in total. The highest BCUT2D eigenvalue weighted by atomic mass is 16.3. The summed E-state index contributed by atoms with van der Waals surface area (Å²) in [7, 11) is 0. The van der Waals surface area contributed by atoms with Gasteiger partial charge in [-0.15, -0.1) is 0 Å². The fraction of sp³-hybridized carbons (Fsp3) is 0.867. The van der Waals surface area contributed by atoms with Gasteiger partial charge in [0.05, 0.1) is 5.60 Å². The van der Waals surface area contributed by atoms with Crippen LogP contribution in [0.3, 0.4) is 0 Å². The molecule has 0 radical (unpaired) electrons. The Labute approximate surface area is 99.9 Å². The number of hydrogen-bond acceptors (Lipinski definition) is 1. The van der Waals surface area contributed by atoms with Crippen molar-refractivity contribution < 1.29 is 5.11 Å². The molecule has 1 fully saturated rings. The van der Waals surface area contributed by atoms with E-state index in [0.717, 1.165) is 12.3 Å². The van der Waals surface area contributed by atoms with Crippen LogP contribution in [0.25, 0.3) is 0 Å². The van der Waals surface area contributed by atoms with Crippen molar-refractivity contribution in [3.05, 3.63) is 11.6 Å². The van der Waals surface area contributed by atoms with Crippen LogP contribution in [0, 0.1) is 23.7 Å². The normalized spacial score (nSPS) is 44.1. The molecule has 0 aromatic heterocycles. The number of aliphatic hydroxyl groups is 1. The molecule has 16 heavy (non-hydrogen) atoms. The van der Waals surface area contributed by atoms with Crippen LogP contribution < -0.4 is 0 Å². The summed E-state index contributed by atoms with van der Waals surface area (Å²) in [5.41, 5.74) is 0.840. The number of hydrogen-bond donors (Lipinski definition) is 1. The molecule has 4 atom stereocenters. The van der Waals surface area contributed by atoms with Crippen molar-refractivity contribution in [2.24, 2.45) is 23.7 Å². The van der Waals surface area contributed by atoms with E-state index in [1.807, 2.05) is 6.92 Å². The van der Waals surface area contributed by atoms with Crippen LogP contribution in [0.2, 0.25) is 0 Å². The number of fused-ring (bicyclic) bond motifs is 1. The maximum atomic E-state index is 10.5. The molecule has 1 heteroatoms. The molecule has 92 valence electrons. The van der Waals surface area contributed by atoms with E-state index in [1.54, 1.807) is 0 Å². The van der Waals surface area contributed by atoms with Gasteiger partial charge in [-0.05, 0) is 61.9 Å². The van der Waals surface area contributed by atoms with E-state index >= 15 is 0 Å². The Morgan fingerprint density at radius 1 is 1.31 bits per heavy atom. The van der Waals surface area contributed by atoms with Crippen LogP contribution in [0.15, 0.2) is 11.6 Å². The Balaban J connectivity index is 2.31. The fourth-order valence-electron chi connectivity index (χ4n) is 3.53. The summed E-state index contributed by atoms with van der Waals surface area (Å²) in [6.07, 6.45) is 7.19. The molecule has 2 rings (SSSR count). The summed E-state index contributed by atoms with van der Waals surface area (Å²) in [4.78, 5) is 0. The van der Waals surface area contributed by atoms with Crippen LogP contribution in [-0.2, 0) is 0 Å². The Bertz CT molecular complexity index is 288. The maximum absolute atomic E-state index is 10.5. The Morgan fingerprint density at radius 2 is 2.00 bits per heavy atom. The monoisotopic (exact) mass is 222 g/mol. The average Bonchev–Trinajstić information content (AvgIpc) is 2.38. The molecule has 0 aliphatic heterocycles. The van der Waals surface area contributed by atoms with Crippen molar-refractivity contribution in [1.29, 1.82) is 0 Å². The minimum atomic E-state index is -0.517. The van der Waals surface area contributed by atoms with Gasteiger partial charge in [-0.2, -0.15) is 0 Å². The summed E-state index contributed by atoms with van der Waals surface area (Å²) in [5, 5.41) is 10.5. The van der Waals surface area contributed by atoms with Crippen molar-refractivity contribution in [1.82, 2.24) is 0 Å². The average molecular weight is 222 g/mol. The first kappa shape index (κ1) is 12.2. The van der Waals surface area contributed by atoms with Gasteiger partial charge in [0, 0.05) is 0 Å². The largest absolute Gasteiger partial charge is 0.386 e. The minimum absolute atomic E-state index is 0.517. The lowest BCUT2D eigenvalue weighted by Gasteiger charge is -2.24. The number of rotatable bonds is 1. The predicted molar refractivity (Wildman–Crippen MR) is 68.2 cm³/mol. The van der Waals surface area contributed by atoms with E-state index in [-0.39, 0.29) is 0 Å². The molecule has 0 aromatic carbocycles. The summed E-state index contributed by atoms with van der Waals surface area (Å²) in [6.45, 7) is 8.98. The standard InChI is InChI=1S/C15H26O/c1-10(2)12-6-5-11(3)13-7-8-15(4,16)14(13)9-12/h9-13,16H,5-8H2,1-4H3/t11-,12?,13?,15?/m0/s1. The van der Waals surface area contributed by atoms with Crippen LogP contribution >= 0.6 is 0 Å². The van der Waals surface area contributed by atoms with Crippen LogP contribution in [0.1, 0.15) is 53.4 Å². The zero-order valence-corrected chi connectivity index (χ0v) is 11.2. The molecule has 1 N–H and O–H groups in total. The highest BCUT2D eigenvalue weighted by molar-refractivity contribution is 5.26. The molecule has 0 aromatic rings. The third kappa shape index (κ3) is 2.07. The lowest BCUT2D eigenvalue weighted by molar-refractivity contribution is 0.104. The summed E-state index contributed by atoms with van der Waals surface area (Å²) in [5.74, 6) is 2.78. The lowest BCUT2D eigenvalue weighted by Crippen LogP contribution is -2.24. The van der Waals surface area contributed by atoms with Crippen LogP contribution in [0.4, 0.5) is 0 Å². The molecule has 2 aliphatic rings. The molecule has 0 spiro atoms. The topological polar surface area (TPSA) is 20.2 Å². The predicted octanol–water partition coefficient (Wildman–Crippen LogP) is 3.78. The van der Waals surface area contributed by atoms with Crippen molar-refractivity contribution in [3.63, 3.8) is 0 Å². The Hall–Kier alpha value is -0.300. The van der Waals surface area contributed by atoms with Gasteiger partial charge in [0.15, 0.2) is 0 Å². The van der Waals surface area contributed by atoms with E-state index < -0.39 is 5.60 Å². The van der Waals surface area contributed by atoms with Gasteiger partial charge in [-0.3, -0.25) is 0 Å². The molecular formula is C15H26O. The SMILES string of the molecule is CC(C)C1C=C2C(CCC2(C)O)[C@@H](C)CC1. The van der Waals surface area contributed by atoms with Gasteiger partial charge >= 0.3 is 0 Å². The van der Waals surface area contributed by atoms with Gasteiger partial charge in [-0.25, -0.2) is 0 Å². The summed E-state index contributed by atoms with van der Waals surface area (Å²) >= 11 is 0. The second-order valence-corrected chi connectivity index (χ2v) is 6.50. The maximum Gasteiger partial charge on any atom is 0.0831 e. The van der Waals surface area contributed by atoms with Gasteiger partial charge in [0.25, 0.3) is 0 Å².